The molecule has 4 nitrogen and oxygen atoms in total. The number of fused-ring (bicyclic) bond motifs is 1. The lowest BCUT2D eigenvalue weighted by atomic mass is 9.49. The van der Waals surface area contributed by atoms with Gasteiger partial charge in [0.2, 0.25) is 0 Å². The topological polar surface area (TPSA) is 41.1 Å². The van der Waals surface area contributed by atoms with E-state index in [-0.39, 0.29) is 0 Å². The first-order valence-electron chi connectivity index (χ1n) is 12.5. The van der Waals surface area contributed by atoms with E-state index in [9.17, 15) is 0 Å². The number of aromatic nitrogens is 2. The van der Waals surface area contributed by atoms with Gasteiger partial charge in [0.1, 0.15) is 12.1 Å². The molecule has 1 aromatic heterocycles. The monoisotopic (exact) mass is 416 g/mol. The van der Waals surface area contributed by atoms with E-state index in [1.54, 1.807) is 6.33 Å². The molecular weight excluding hydrogens is 380 g/mol. The summed E-state index contributed by atoms with van der Waals surface area (Å²) in [6, 6.07) is 10.9. The highest BCUT2D eigenvalue weighted by molar-refractivity contribution is 5.47. The fourth-order valence-corrected chi connectivity index (χ4v) is 7.77. The molecule has 0 radical (unpaired) electrons. The fraction of sp³-hybridized carbons (Fsp3) is 0.630. The predicted molar refractivity (Wildman–Crippen MR) is 125 cm³/mol. The molecule has 1 unspecified atom stereocenters. The van der Waals surface area contributed by atoms with E-state index in [1.807, 2.05) is 0 Å². The zero-order valence-corrected chi connectivity index (χ0v) is 18.9. The molecule has 2 heterocycles. The summed E-state index contributed by atoms with van der Waals surface area (Å²) in [6.45, 7) is 6.59. The van der Waals surface area contributed by atoms with E-state index in [1.165, 1.54) is 55.3 Å². The maximum absolute atomic E-state index is 4.70. The fourth-order valence-electron chi connectivity index (χ4n) is 7.77. The number of nitrogens with zero attached hydrogens (tertiary/aromatic N) is 3. The largest absolute Gasteiger partial charge is 0.369 e. The SMILES string of the molecule is CC(CN1CCc2c(ncnc2NCC23CC4CC(CC(C4)C2)C3)C1)c1ccccc1. The molecule has 5 aliphatic rings. The van der Waals surface area contributed by atoms with Gasteiger partial charge in [-0.2, -0.15) is 0 Å². The zero-order chi connectivity index (χ0) is 20.8. The van der Waals surface area contributed by atoms with Crippen LogP contribution < -0.4 is 5.32 Å². The van der Waals surface area contributed by atoms with Crippen LogP contribution in [-0.4, -0.2) is 34.5 Å². The summed E-state index contributed by atoms with van der Waals surface area (Å²) in [5, 5.41) is 3.84. The number of anilines is 1. The Morgan fingerprint density at radius 2 is 1.74 bits per heavy atom. The average Bonchev–Trinajstić information content (AvgIpc) is 2.77. The molecule has 2 aromatic rings. The predicted octanol–water partition coefficient (Wildman–Crippen LogP) is 5.27. The molecule has 4 saturated carbocycles. The second-order valence-electron chi connectivity index (χ2n) is 11.2. The lowest BCUT2D eigenvalue weighted by Crippen LogP contribution is -2.49. The second-order valence-corrected chi connectivity index (χ2v) is 11.2. The Bertz CT molecular complexity index is 889. The molecule has 1 aromatic carbocycles. The third-order valence-electron chi connectivity index (χ3n) is 8.78. The molecule has 0 amide bonds. The molecule has 7 rings (SSSR count). The minimum Gasteiger partial charge on any atom is -0.369 e. The molecule has 1 aliphatic heterocycles. The lowest BCUT2D eigenvalue weighted by molar-refractivity contribution is -0.0444. The number of hydrogen-bond acceptors (Lipinski definition) is 4. The van der Waals surface area contributed by atoms with Gasteiger partial charge in [0.15, 0.2) is 0 Å². The lowest BCUT2D eigenvalue weighted by Gasteiger charge is -2.57. The van der Waals surface area contributed by atoms with Crippen LogP contribution in [0.1, 0.15) is 68.2 Å². The van der Waals surface area contributed by atoms with Gasteiger partial charge in [0, 0.05) is 31.7 Å². The first-order chi connectivity index (χ1) is 15.2. The van der Waals surface area contributed by atoms with Gasteiger partial charge >= 0.3 is 0 Å². The molecule has 31 heavy (non-hydrogen) atoms. The van der Waals surface area contributed by atoms with Crippen LogP contribution in [0.5, 0.6) is 0 Å². The highest BCUT2D eigenvalue weighted by atomic mass is 15.1. The highest BCUT2D eigenvalue weighted by Crippen LogP contribution is 2.59. The number of rotatable bonds is 6. The smallest absolute Gasteiger partial charge is 0.132 e. The van der Waals surface area contributed by atoms with Gasteiger partial charge in [0.25, 0.3) is 0 Å². The zero-order valence-electron chi connectivity index (χ0n) is 18.9. The van der Waals surface area contributed by atoms with Crippen molar-refractivity contribution in [1.82, 2.24) is 14.9 Å². The Balaban J connectivity index is 1.12. The molecule has 4 fully saturated rings. The van der Waals surface area contributed by atoms with Crippen molar-refractivity contribution in [2.24, 2.45) is 23.2 Å². The summed E-state index contributed by atoms with van der Waals surface area (Å²) in [7, 11) is 0. The second kappa shape index (κ2) is 7.88. The highest BCUT2D eigenvalue weighted by Gasteiger charge is 2.50. The van der Waals surface area contributed by atoms with Gasteiger partial charge in [-0.05, 0) is 79.6 Å². The Morgan fingerprint density at radius 3 is 2.45 bits per heavy atom. The Kier molecular flexibility index (Phi) is 5.01. The van der Waals surface area contributed by atoms with Crippen LogP contribution in [0.2, 0.25) is 0 Å². The van der Waals surface area contributed by atoms with Crippen molar-refractivity contribution in [3.05, 3.63) is 53.5 Å². The van der Waals surface area contributed by atoms with Crippen molar-refractivity contribution in [2.45, 2.75) is 64.3 Å². The van der Waals surface area contributed by atoms with E-state index < -0.39 is 0 Å². The summed E-state index contributed by atoms with van der Waals surface area (Å²) in [6.07, 6.45) is 11.7. The van der Waals surface area contributed by atoms with Gasteiger partial charge < -0.3 is 5.32 Å². The minimum absolute atomic E-state index is 0.540. The molecule has 1 N–H and O–H groups in total. The first-order valence-corrected chi connectivity index (χ1v) is 12.5. The van der Waals surface area contributed by atoms with Gasteiger partial charge in [-0.25, -0.2) is 9.97 Å². The normalized spacial score (nSPS) is 32.6. The first kappa shape index (κ1) is 19.7. The molecule has 164 valence electrons. The Hall–Kier alpha value is -1.94. The Morgan fingerprint density at radius 1 is 1.03 bits per heavy atom. The van der Waals surface area contributed by atoms with Crippen molar-refractivity contribution in [3.63, 3.8) is 0 Å². The van der Waals surface area contributed by atoms with Crippen LogP contribution in [0.15, 0.2) is 36.7 Å². The molecular formula is C27H36N4. The molecule has 4 aliphatic carbocycles. The quantitative estimate of drug-likeness (QED) is 0.697. The maximum Gasteiger partial charge on any atom is 0.132 e. The number of benzene rings is 1. The molecule has 4 bridgehead atoms. The third-order valence-corrected chi connectivity index (χ3v) is 8.78. The summed E-state index contributed by atoms with van der Waals surface area (Å²) in [5.41, 5.74) is 4.57. The summed E-state index contributed by atoms with van der Waals surface area (Å²) in [4.78, 5) is 12.0. The molecule has 0 spiro atoms. The van der Waals surface area contributed by atoms with Crippen LogP contribution >= 0.6 is 0 Å². The van der Waals surface area contributed by atoms with Crippen molar-refractivity contribution >= 4 is 5.82 Å². The molecule has 0 saturated heterocycles. The van der Waals surface area contributed by atoms with Crippen molar-refractivity contribution in [2.75, 3.05) is 25.0 Å². The van der Waals surface area contributed by atoms with Crippen LogP contribution in [0, 0.1) is 23.2 Å². The van der Waals surface area contributed by atoms with E-state index in [0.717, 1.165) is 56.2 Å². The third kappa shape index (κ3) is 3.88. The minimum atomic E-state index is 0.540. The van der Waals surface area contributed by atoms with E-state index >= 15 is 0 Å². The van der Waals surface area contributed by atoms with E-state index in [4.69, 9.17) is 9.97 Å². The summed E-state index contributed by atoms with van der Waals surface area (Å²) in [5.74, 6) is 4.68. The van der Waals surface area contributed by atoms with E-state index in [0.29, 0.717) is 11.3 Å². The summed E-state index contributed by atoms with van der Waals surface area (Å²) < 4.78 is 0. The average molecular weight is 417 g/mol. The van der Waals surface area contributed by atoms with Gasteiger partial charge in [-0.15, -0.1) is 0 Å². The van der Waals surface area contributed by atoms with Gasteiger partial charge in [0.05, 0.1) is 5.69 Å². The van der Waals surface area contributed by atoms with Crippen LogP contribution in [0.25, 0.3) is 0 Å². The van der Waals surface area contributed by atoms with Gasteiger partial charge in [-0.3, -0.25) is 4.90 Å². The summed E-state index contributed by atoms with van der Waals surface area (Å²) >= 11 is 0. The van der Waals surface area contributed by atoms with Crippen LogP contribution in [0.4, 0.5) is 5.82 Å². The number of hydrogen-bond donors (Lipinski definition) is 1. The molecule has 4 heteroatoms. The van der Waals surface area contributed by atoms with Gasteiger partial charge in [-0.1, -0.05) is 37.3 Å². The van der Waals surface area contributed by atoms with E-state index in [2.05, 4.69) is 47.5 Å². The Labute approximate surface area is 186 Å². The van der Waals surface area contributed by atoms with Crippen molar-refractivity contribution < 1.29 is 0 Å². The van der Waals surface area contributed by atoms with Crippen LogP contribution in [0.3, 0.4) is 0 Å². The van der Waals surface area contributed by atoms with Crippen molar-refractivity contribution in [1.29, 1.82) is 0 Å². The molecule has 1 atom stereocenters. The van der Waals surface area contributed by atoms with Crippen molar-refractivity contribution in [3.8, 4) is 0 Å². The maximum atomic E-state index is 4.70. The number of nitrogens with one attached hydrogen (secondary N) is 1. The van der Waals surface area contributed by atoms with Crippen LogP contribution in [-0.2, 0) is 13.0 Å². The standard InChI is InChI=1S/C27H36N4/c1-19(23-5-3-2-4-6-23)15-31-8-7-24-25(16-31)29-18-30-26(24)28-17-27-12-20-9-21(13-27)11-22(10-20)14-27/h2-6,18-22H,7-17H2,1H3,(H,28,29,30).